The molecule has 3 N–H and O–H groups in total. The van der Waals surface area contributed by atoms with Crippen molar-refractivity contribution in [3.63, 3.8) is 0 Å². The minimum atomic E-state index is 0.117. The van der Waals surface area contributed by atoms with Crippen molar-refractivity contribution in [1.82, 2.24) is 10.4 Å². The van der Waals surface area contributed by atoms with Crippen molar-refractivity contribution >= 4 is 10.9 Å². The Morgan fingerprint density at radius 3 is 2.94 bits per heavy atom. The molecule has 3 heteroatoms. The van der Waals surface area contributed by atoms with Gasteiger partial charge in [-0.05, 0) is 24.5 Å². The summed E-state index contributed by atoms with van der Waals surface area (Å²) in [6, 6.07) is 10.3. The van der Waals surface area contributed by atoms with Gasteiger partial charge in [0.2, 0.25) is 0 Å². The Morgan fingerprint density at radius 2 is 2.18 bits per heavy atom. The van der Waals surface area contributed by atoms with Crippen molar-refractivity contribution in [3.8, 4) is 0 Å². The molecule has 2 rings (SSSR count). The van der Waals surface area contributed by atoms with Crippen molar-refractivity contribution in [2.24, 2.45) is 5.84 Å². The highest BCUT2D eigenvalue weighted by molar-refractivity contribution is 5.81. The molecule has 0 fully saturated rings. The number of hydrogen-bond donors (Lipinski definition) is 2. The standard InChI is InChI=1S/C14H17N3/c1-2-3-9-13(17-15)12-8-4-6-11-7-5-10-16-14(11)12/h2,4-8,10,13,17H,1,3,9,15H2. The fourth-order valence-corrected chi connectivity index (χ4v) is 2.02. The predicted octanol–water partition coefficient (Wildman–Crippen LogP) is 2.71. The average Bonchev–Trinajstić information content (AvgIpc) is 2.40. The van der Waals surface area contributed by atoms with E-state index in [0.717, 1.165) is 29.3 Å². The molecule has 1 unspecified atom stereocenters. The van der Waals surface area contributed by atoms with E-state index in [2.05, 4.69) is 35.2 Å². The first-order chi connectivity index (χ1) is 8.36. The lowest BCUT2D eigenvalue weighted by Gasteiger charge is -2.16. The Balaban J connectivity index is 2.42. The van der Waals surface area contributed by atoms with Crippen LogP contribution in [0.4, 0.5) is 0 Å². The van der Waals surface area contributed by atoms with Crippen LogP contribution in [0.25, 0.3) is 10.9 Å². The summed E-state index contributed by atoms with van der Waals surface area (Å²) in [6.07, 6.45) is 5.57. The Hall–Kier alpha value is -1.71. The normalized spacial score (nSPS) is 12.5. The van der Waals surface area contributed by atoms with Crippen LogP contribution in [0.3, 0.4) is 0 Å². The van der Waals surface area contributed by atoms with Gasteiger partial charge in [-0.3, -0.25) is 16.3 Å². The predicted molar refractivity (Wildman–Crippen MR) is 71.2 cm³/mol. The third kappa shape index (κ3) is 2.52. The summed E-state index contributed by atoms with van der Waals surface area (Å²) in [5.74, 6) is 5.62. The number of nitrogens with zero attached hydrogens (tertiary/aromatic N) is 1. The van der Waals surface area contributed by atoms with Crippen LogP contribution in [0.1, 0.15) is 24.4 Å². The quantitative estimate of drug-likeness (QED) is 0.469. The molecule has 0 saturated carbocycles. The Kier molecular flexibility index (Phi) is 3.85. The summed E-state index contributed by atoms with van der Waals surface area (Å²) >= 11 is 0. The van der Waals surface area contributed by atoms with Crippen molar-refractivity contribution in [2.45, 2.75) is 18.9 Å². The number of hydrazine groups is 1. The summed E-state index contributed by atoms with van der Waals surface area (Å²) in [7, 11) is 0. The van der Waals surface area contributed by atoms with E-state index in [9.17, 15) is 0 Å². The molecule has 88 valence electrons. The topological polar surface area (TPSA) is 50.9 Å². The molecular weight excluding hydrogens is 210 g/mol. The molecule has 1 atom stereocenters. The number of benzene rings is 1. The molecule has 1 heterocycles. The number of hydrogen-bond acceptors (Lipinski definition) is 3. The maximum absolute atomic E-state index is 5.62. The average molecular weight is 227 g/mol. The zero-order valence-corrected chi connectivity index (χ0v) is 9.76. The van der Waals surface area contributed by atoms with Crippen LogP contribution in [0.2, 0.25) is 0 Å². The minimum Gasteiger partial charge on any atom is -0.271 e. The molecular formula is C14H17N3. The zero-order chi connectivity index (χ0) is 12.1. The third-order valence-electron chi connectivity index (χ3n) is 2.90. The van der Waals surface area contributed by atoms with Crippen LogP contribution in [0.15, 0.2) is 49.2 Å². The number of fused-ring (bicyclic) bond motifs is 1. The number of para-hydroxylation sites is 1. The summed E-state index contributed by atoms with van der Waals surface area (Å²) < 4.78 is 0. The van der Waals surface area contributed by atoms with E-state index in [1.165, 1.54) is 0 Å². The molecule has 1 aromatic heterocycles. The fraction of sp³-hybridized carbons (Fsp3) is 0.214. The van der Waals surface area contributed by atoms with Crippen LogP contribution in [-0.4, -0.2) is 4.98 Å². The van der Waals surface area contributed by atoms with E-state index in [1.54, 1.807) is 0 Å². The van der Waals surface area contributed by atoms with Gasteiger partial charge in [-0.2, -0.15) is 0 Å². The molecule has 1 aromatic carbocycles. The zero-order valence-electron chi connectivity index (χ0n) is 9.76. The van der Waals surface area contributed by atoms with Gasteiger partial charge in [0.25, 0.3) is 0 Å². The maximum Gasteiger partial charge on any atom is 0.0750 e. The van der Waals surface area contributed by atoms with Gasteiger partial charge in [-0.15, -0.1) is 6.58 Å². The summed E-state index contributed by atoms with van der Waals surface area (Å²) in [5, 5.41) is 1.14. The van der Waals surface area contributed by atoms with Gasteiger partial charge in [0.1, 0.15) is 0 Å². The minimum absolute atomic E-state index is 0.117. The molecule has 0 bridgehead atoms. The van der Waals surface area contributed by atoms with Gasteiger partial charge < -0.3 is 0 Å². The fourth-order valence-electron chi connectivity index (χ4n) is 2.02. The number of nitrogens with one attached hydrogen (secondary N) is 1. The monoisotopic (exact) mass is 227 g/mol. The molecule has 3 nitrogen and oxygen atoms in total. The Labute approximate surface area is 101 Å². The third-order valence-corrected chi connectivity index (χ3v) is 2.90. The number of nitrogens with two attached hydrogens (primary N) is 1. The van der Waals surface area contributed by atoms with Crippen LogP contribution >= 0.6 is 0 Å². The van der Waals surface area contributed by atoms with Crippen LogP contribution in [-0.2, 0) is 0 Å². The second-order valence-electron chi connectivity index (χ2n) is 4.01. The Bertz CT molecular complexity index is 502. The first-order valence-corrected chi connectivity index (χ1v) is 5.77. The van der Waals surface area contributed by atoms with E-state index in [4.69, 9.17) is 5.84 Å². The summed E-state index contributed by atoms with van der Waals surface area (Å²) in [6.45, 7) is 3.74. The second-order valence-corrected chi connectivity index (χ2v) is 4.01. The van der Waals surface area contributed by atoms with Crippen molar-refractivity contribution < 1.29 is 0 Å². The highest BCUT2D eigenvalue weighted by Gasteiger charge is 2.12. The van der Waals surface area contributed by atoms with Crippen LogP contribution in [0.5, 0.6) is 0 Å². The second kappa shape index (κ2) is 5.57. The largest absolute Gasteiger partial charge is 0.271 e. The molecule has 0 spiro atoms. The molecule has 0 radical (unpaired) electrons. The van der Waals surface area contributed by atoms with E-state index in [-0.39, 0.29) is 6.04 Å². The molecule has 0 aliphatic rings. The van der Waals surface area contributed by atoms with Gasteiger partial charge in [-0.1, -0.05) is 30.3 Å². The van der Waals surface area contributed by atoms with Gasteiger partial charge in [0, 0.05) is 17.6 Å². The van der Waals surface area contributed by atoms with Crippen molar-refractivity contribution in [3.05, 3.63) is 54.7 Å². The molecule has 17 heavy (non-hydrogen) atoms. The van der Waals surface area contributed by atoms with E-state index >= 15 is 0 Å². The number of allylic oxidation sites excluding steroid dienone is 1. The summed E-state index contributed by atoms with van der Waals surface area (Å²) in [5.41, 5.74) is 5.02. The highest BCUT2D eigenvalue weighted by atomic mass is 15.2. The van der Waals surface area contributed by atoms with Crippen molar-refractivity contribution in [2.75, 3.05) is 0 Å². The SMILES string of the molecule is C=CCCC(NN)c1cccc2cccnc12. The van der Waals surface area contributed by atoms with E-state index in [0.29, 0.717) is 0 Å². The number of rotatable bonds is 5. The van der Waals surface area contributed by atoms with Gasteiger partial charge in [-0.25, -0.2) is 0 Å². The lowest BCUT2D eigenvalue weighted by Crippen LogP contribution is -2.28. The molecule has 0 saturated heterocycles. The molecule has 0 aliphatic carbocycles. The van der Waals surface area contributed by atoms with Gasteiger partial charge in [0.15, 0.2) is 0 Å². The van der Waals surface area contributed by atoms with E-state index in [1.807, 2.05) is 24.4 Å². The molecule has 2 aromatic rings. The Morgan fingerprint density at radius 1 is 1.35 bits per heavy atom. The molecule has 0 aliphatic heterocycles. The van der Waals surface area contributed by atoms with Crippen molar-refractivity contribution in [1.29, 1.82) is 0 Å². The summed E-state index contributed by atoms with van der Waals surface area (Å²) in [4.78, 5) is 4.44. The molecule has 0 amide bonds. The highest BCUT2D eigenvalue weighted by Crippen LogP contribution is 2.24. The van der Waals surface area contributed by atoms with E-state index < -0.39 is 0 Å². The first kappa shape index (κ1) is 11.8. The van der Waals surface area contributed by atoms with Gasteiger partial charge >= 0.3 is 0 Å². The first-order valence-electron chi connectivity index (χ1n) is 5.77. The number of aromatic nitrogens is 1. The maximum atomic E-state index is 5.62. The lowest BCUT2D eigenvalue weighted by atomic mass is 9.99. The number of pyridine rings is 1. The van der Waals surface area contributed by atoms with Crippen LogP contribution in [0, 0.1) is 0 Å². The smallest absolute Gasteiger partial charge is 0.0750 e. The lowest BCUT2D eigenvalue weighted by molar-refractivity contribution is 0.523. The van der Waals surface area contributed by atoms with Crippen LogP contribution < -0.4 is 11.3 Å². The van der Waals surface area contributed by atoms with Gasteiger partial charge in [0.05, 0.1) is 5.52 Å².